The molecule has 0 saturated heterocycles. The molecule has 2 aromatic heterocycles. The van der Waals surface area contributed by atoms with E-state index >= 15 is 0 Å². The number of nitrogens with zero attached hydrogens (tertiary/aromatic N) is 2. The summed E-state index contributed by atoms with van der Waals surface area (Å²) in [6.07, 6.45) is 1.44. The van der Waals surface area contributed by atoms with Crippen LogP contribution in [0.4, 0.5) is 5.13 Å². The van der Waals surface area contributed by atoms with Crippen LogP contribution in [0.3, 0.4) is 0 Å². The number of fused-ring (bicyclic) bond motifs is 1. The highest BCUT2D eigenvalue weighted by molar-refractivity contribution is 7.15. The topological polar surface area (TPSA) is 77.2 Å². The lowest BCUT2D eigenvalue weighted by molar-refractivity contribution is 0.0996. The molecule has 0 aliphatic rings. The standard InChI is InChI=1S/C18H13N3O3S/c22-17(15-6-3-9-23-15)19-18-21-20-16(25-18)11-24-14-8-7-12-4-1-2-5-13(12)10-14/h1-10H,11H2,(H,19,21,22). The van der Waals surface area contributed by atoms with Gasteiger partial charge in [-0.05, 0) is 35.0 Å². The predicted molar refractivity (Wildman–Crippen MR) is 94.9 cm³/mol. The van der Waals surface area contributed by atoms with Gasteiger partial charge < -0.3 is 9.15 Å². The first-order valence-corrected chi connectivity index (χ1v) is 8.38. The van der Waals surface area contributed by atoms with E-state index in [2.05, 4.69) is 21.6 Å². The number of furan rings is 1. The highest BCUT2D eigenvalue weighted by atomic mass is 32.1. The summed E-state index contributed by atoms with van der Waals surface area (Å²) in [6.45, 7) is 0.284. The summed E-state index contributed by atoms with van der Waals surface area (Å²) in [5, 5.41) is 14.0. The SMILES string of the molecule is O=C(Nc1nnc(COc2ccc3ccccc3c2)s1)c1ccco1. The number of hydrogen-bond acceptors (Lipinski definition) is 6. The Hall–Kier alpha value is -3.19. The van der Waals surface area contributed by atoms with E-state index in [9.17, 15) is 4.79 Å². The van der Waals surface area contributed by atoms with Gasteiger partial charge in [0.25, 0.3) is 5.91 Å². The molecule has 4 rings (SSSR count). The Kier molecular flexibility index (Phi) is 4.14. The number of amides is 1. The molecule has 25 heavy (non-hydrogen) atoms. The number of anilines is 1. The molecule has 2 aromatic carbocycles. The summed E-state index contributed by atoms with van der Waals surface area (Å²) in [5.41, 5.74) is 0. The van der Waals surface area contributed by atoms with Crippen LogP contribution in [-0.2, 0) is 6.61 Å². The van der Waals surface area contributed by atoms with E-state index in [1.54, 1.807) is 12.1 Å². The van der Waals surface area contributed by atoms with Gasteiger partial charge in [-0.25, -0.2) is 0 Å². The second kappa shape index (κ2) is 6.74. The Morgan fingerprint density at radius 3 is 2.80 bits per heavy atom. The number of rotatable bonds is 5. The van der Waals surface area contributed by atoms with Gasteiger partial charge in [0.2, 0.25) is 5.13 Å². The van der Waals surface area contributed by atoms with Crippen LogP contribution in [0, 0.1) is 0 Å². The molecule has 0 unspecified atom stereocenters. The summed E-state index contributed by atoms with van der Waals surface area (Å²) in [5.74, 6) is 0.627. The maximum atomic E-state index is 11.9. The minimum Gasteiger partial charge on any atom is -0.486 e. The van der Waals surface area contributed by atoms with Gasteiger partial charge in [-0.2, -0.15) is 0 Å². The lowest BCUT2D eigenvalue weighted by atomic mass is 10.1. The average molecular weight is 351 g/mol. The van der Waals surface area contributed by atoms with Crippen LogP contribution in [0.5, 0.6) is 5.75 Å². The molecule has 0 saturated carbocycles. The van der Waals surface area contributed by atoms with Crippen LogP contribution >= 0.6 is 11.3 Å². The van der Waals surface area contributed by atoms with Gasteiger partial charge in [-0.15, -0.1) is 10.2 Å². The van der Waals surface area contributed by atoms with Gasteiger partial charge in [-0.1, -0.05) is 41.7 Å². The van der Waals surface area contributed by atoms with Crippen molar-refractivity contribution < 1.29 is 13.9 Å². The van der Waals surface area contributed by atoms with Crippen LogP contribution in [0.2, 0.25) is 0 Å². The molecule has 0 radical (unpaired) electrons. The molecule has 0 bridgehead atoms. The molecule has 0 atom stereocenters. The van der Waals surface area contributed by atoms with Crippen molar-refractivity contribution >= 4 is 33.1 Å². The number of ether oxygens (including phenoxy) is 1. The fourth-order valence-corrected chi connectivity index (χ4v) is 2.98. The molecule has 0 fully saturated rings. The summed E-state index contributed by atoms with van der Waals surface area (Å²) in [7, 11) is 0. The van der Waals surface area contributed by atoms with E-state index in [0.717, 1.165) is 16.5 Å². The zero-order valence-electron chi connectivity index (χ0n) is 13.0. The first-order valence-electron chi connectivity index (χ1n) is 7.57. The molecule has 0 aliphatic heterocycles. The Labute approximate surface area is 147 Å². The summed E-state index contributed by atoms with van der Waals surface area (Å²) in [4.78, 5) is 11.9. The minimum absolute atomic E-state index is 0.226. The Morgan fingerprint density at radius 2 is 1.96 bits per heavy atom. The van der Waals surface area contributed by atoms with Crippen molar-refractivity contribution in [3.63, 3.8) is 0 Å². The van der Waals surface area contributed by atoms with Crippen molar-refractivity contribution in [3.8, 4) is 5.75 Å². The van der Waals surface area contributed by atoms with Crippen molar-refractivity contribution in [2.75, 3.05) is 5.32 Å². The first-order chi connectivity index (χ1) is 12.3. The van der Waals surface area contributed by atoms with Crippen LogP contribution in [0.1, 0.15) is 15.6 Å². The monoisotopic (exact) mass is 351 g/mol. The number of carbonyl (C=O) groups is 1. The van der Waals surface area contributed by atoms with Gasteiger partial charge in [0.15, 0.2) is 10.8 Å². The van der Waals surface area contributed by atoms with E-state index in [0.29, 0.717) is 10.1 Å². The van der Waals surface area contributed by atoms with Crippen molar-refractivity contribution in [1.29, 1.82) is 0 Å². The summed E-state index contributed by atoms with van der Waals surface area (Å²) in [6, 6.07) is 17.2. The molecule has 124 valence electrons. The van der Waals surface area contributed by atoms with Crippen molar-refractivity contribution in [2.45, 2.75) is 6.61 Å². The normalized spacial score (nSPS) is 10.7. The molecular formula is C18H13N3O3S. The zero-order valence-corrected chi connectivity index (χ0v) is 13.8. The molecule has 0 aliphatic carbocycles. The van der Waals surface area contributed by atoms with E-state index < -0.39 is 0 Å². The van der Waals surface area contributed by atoms with Crippen LogP contribution in [0.25, 0.3) is 10.8 Å². The van der Waals surface area contributed by atoms with Crippen molar-refractivity contribution in [2.24, 2.45) is 0 Å². The van der Waals surface area contributed by atoms with Crippen LogP contribution < -0.4 is 10.1 Å². The lowest BCUT2D eigenvalue weighted by Crippen LogP contribution is -2.10. The lowest BCUT2D eigenvalue weighted by Gasteiger charge is -2.05. The second-order valence-electron chi connectivity index (χ2n) is 5.23. The van der Waals surface area contributed by atoms with Gasteiger partial charge in [0.05, 0.1) is 6.26 Å². The highest BCUT2D eigenvalue weighted by Crippen LogP contribution is 2.23. The van der Waals surface area contributed by atoms with Gasteiger partial charge in [-0.3, -0.25) is 10.1 Å². The number of hydrogen-bond donors (Lipinski definition) is 1. The van der Waals surface area contributed by atoms with Gasteiger partial charge in [0.1, 0.15) is 12.4 Å². The molecule has 1 N–H and O–H groups in total. The fraction of sp³-hybridized carbons (Fsp3) is 0.0556. The molecular weight excluding hydrogens is 338 g/mol. The van der Waals surface area contributed by atoms with Gasteiger partial charge in [0, 0.05) is 0 Å². The molecule has 6 nitrogen and oxygen atoms in total. The molecule has 7 heteroatoms. The molecule has 0 spiro atoms. The third-order valence-corrected chi connectivity index (χ3v) is 4.33. The summed E-state index contributed by atoms with van der Waals surface area (Å²) < 4.78 is 10.8. The maximum absolute atomic E-state index is 11.9. The van der Waals surface area contributed by atoms with E-state index in [1.807, 2.05) is 36.4 Å². The Morgan fingerprint density at radius 1 is 1.08 bits per heavy atom. The quantitative estimate of drug-likeness (QED) is 0.585. The van der Waals surface area contributed by atoms with Crippen LogP contribution in [0.15, 0.2) is 65.3 Å². The third kappa shape index (κ3) is 3.51. The number of benzene rings is 2. The van der Waals surface area contributed by atoms with Crippen molar-refractivity contribution in [1.82, 2.24) is 10.2 Å². The van der Waals surface area contributed by atoms with Crippen LogP contribution in [-0.4, -0.2) is 16.1 Å². The summed E-state index contributed by atoms with van der Waals surface area (Å²) >= 11 is 1.26. The third-order valence-electron chi connectivity index (χ3n) is 3.52. The Bertz CT molecular complexity index is 1010. The van der Waals surface area contributed by atoms with Gasteiger partial charge >= 0.3 is 0 Å². The maximum Gasteiger partial charge on any atom is 0.293 e. The fourth-order valence-electron chi connectivity index (χ4n) is 2.33. The predicted octanol–water partition coefficient (Wildman–Crippen LogP) is 4.12. The highest BCUT2D eigenvalue weighted by Gasteiger charge is 2.12. The number of carbonyl (C=O) groups excluding carboxylic acids is 1. The number of aromatic nitrogens is 2. The largest absolute Gasteiger partial charge is 0.486 e. The first kappa shape index (κ1) is 15.3. The zero-order chi connectivity index (χ0) is 17.1. The average Bonchev–Trinajstić information content (AvgIpc) is 3.32. The van der Waals surface area contributed by atoms with E-state index in [4.69, 9.17) is 9.15 Å². The molecule has 1 amide bonds. The number of nitrogens with one attached hydrogen (secondary N) is 1. The molecule has 2 heterocycles. The van der Waals surface area contributed by atoms with Crippen molar-refractivity contribution in [3.05, 3.63) is 71.6 Å². The Balaban J connectivity index is 1.39. The smallest absolute Gasteiger partial charge is 0.293 e. The molecule has 4 aromatic rings. The second-order valence-corrected chi connectivity index (χ2v) is 6.29. The van der Waals surface area contributed by atoms with E-state index in [-0.39, 0.29) is 18.3 Å². The minimum atomic E-state index is -0.358. The van der Waals surface area contributed by atoms with E-state index in [1.165, 1.54) is 17.6 Å².